The Morgan fingerprint density at radius 3 is 2.86 bits per heavy atom. The van der Waals surface area contributed by atoms with Gasteiger partial charge in [-0.2, -0.15) is 0 Å². The van der Waals surface area contributed by atoms with Crippen LogP contribution >= 0.6 is 0 Å². The first-order valence-corrected chi connectivity index (χ1v) is 10.8. The van der Waals surface area contributed by atoms with E-state index in [1.165, 1.54) is 55.7 Å². The lowest BCUT2D eigenvalue weighted by atomic mass is 9.53. The molecular weight excluding hydrogens is 346 g/mol. The molecule has 0 N–H and O–H groups in total. The lowest BCUT2D eigenvalue weighted by Gasteiger charge is -2.51. The Kier molecular flexibility index (Phi) is 4.30. The highest BCUT2D eigenvalue weighted by Gasteiger charge is 2.54. The van der Waals surface area contributed by atoms with Gasteiger partial charge < -0.3 is 4.74 Å². The number of aryl methyl sites for hydroxylation is 1. The van der Waals surface area contributed by atoms with Gasteiger partial charge in [0, 0.05) is 19.3 Å². The molecule has 146 valence electrons. The van der Waals surface area contributed by atoms with Crippen LogP contribution in [0, 0.1) is 17.3 Å². The maximum Gasteiger partial charge on any atom is 0.308 e. The van der Waals surface area contributed by atoms with Gasteiger partial charge in [-0.25, -0.2) is 0 Å². The van der Waals surface area contributed by atoms with Crippen LogP contribution in [0.5, 0.6) is 5.75 Å². The first-order valence-electron chi connectivity index (χ1n) is 10.8. The van der Waals surface area contributed by atoms with Crippen molar-refractivity contribution in [2.24, 2.45) is 17.3 Å². The Labute approximate surface area is 167 Å². The fraction of sp³-hybridized carbons (Fsp3) is 0.520. The molecule has 2 saturated carbocycles. The lowest BCUT2D eigenvalue weighted by molar-refractivity contribution is -0.131. The van der Waals surface area contributed by atoms with Crippen molar-refractivity contribution in [1.82, 2.24) is 4.98 Å². The van der Waals surface area contributed by atoms with E-state index in [0.717, 1.165) is 18.3 Å². The van der Waals surface area contributed by atoms with Crippen LogP contribution in [0.25, 0.3) is 0 Å². The summed E-state index contributed by atoms with van der Waals surface area (Å²) in [4.78, 5) is 15.7. The molecule has 0 spiro atoms. The number of fused-ring (bicyclic) bond motifs is 5. The van der Waals surface area contributed by atoms with Crippen LogP contribution < -0.4 is 4.74 Å². The predicted octanol–water partition coefficient (Wildman–Crippen LogP) is 5.65. The monoisotopic (exact) mass is 375 g/mol. The second kappa shape index (κ2) is 6.72. The fourth-order valence-corrected chi connectivity index (χ4v) is 6.92. The van der Waals surface area contributed by atoms with Gasteiger partial charge in [0.05, 0.1) is 0 Å². The van der Waals surface area contributed by atoms with Crippen LogP contribution in [-0.4, -0.2) is 11.0 Å². The first-order chi connectivity index (χ1) is 13.6. The van der Waals surface area contributed by atoms with Crippen LogP contribution in [0.1, 0.15) is 74.5 Å². The number of hydrogen-bond donors (Lipinski definition) is 0. The fourth-order valence-electron chi connectivity index (χ4n) is 6.92. The van der Waals surface area contributed by atoms with E-state index in [-0.39, 0.29) is 5.97 Å². The van der Waals surface area contributed by atoms with Gasteiger partial charge in [-0.1, -0.05) is 19.1 Å². The molecule has 2 aromatic rings. The third-order valence-corrected chi connectivity index (χ3v) is 8.05. The quantitative estimate of drug-likeness (QED) is 0.503. The zero-order chi connectivity index (χ0) is 19.3. The van der Waals surface area contributed by atoms with Gasteiger partial charge in [0.1, 0.15) is 5.75 Å². The maximum absolute atomic E-state index is 11.3. The van der Waals surface area contributed by atoms with Crippen molar-refractivity contribution >= 4 is 5.97 Å². The minimum Gasteiger partial charge on any atom is -0.427 e. The van der Waals surface area contributed by atoms with Crippen LogP contribution in [0.2, 0.25) is 0 Å². The molecule has 0 bridgehead atoms. The molecule has 1 aromatic heterocycles. The van der Waals surface area contributed by atoms with E-state index in [9.17, 15) is 4.79 Å². The first kappa shape index (κ1) is 17.9. The molecule has 1 aromatic carbocycles. The van der Waals surface area contributed by atoms with Crippen LogP contribution in [-0.2, 0) is 11.2 Å². The molecule has 2 fully saturated rings. The molecular formula is C25H29NO2. The van der Waals surface area contributed by atoms with E-state index in [1.54, 1.807) is 0 Å². The van der Waals surface area contributed by atoms with Gasteiger partial charge in [-0.3, -0.25) is 9.78 Å². The molecule has 3 aliphatic carbocycles. The Bertz CT molecular complexity index is 893. The summed E-state index contributed by atoms with van der Waals surface area (Å²) >= 11 is 0. The number of hydrogen-bond acceptors (Lipinski definition) is 3. The minimum absolute atomic E-state index is 0.241. The van der Waals surface area contributed by atoms with Crippen molar-refractivity contribution in [3.8, 4) is 5.75 Å². The summed E-state index contributed by atoms with van der Waals surface area (Å²) < 4.78 is 5.32. The standard InChI is InChI=1S/C25H29NO2/c1-16(27)28-19-6-8-20-17(14-19)5-7-22-21(20)11-12-25(2)23(9-10-24(22)25)18-4-3-13-26-15-18/h3-4,6,8,13-15,21-24H,5,7,9-12H2,1-2H3/t21-,22-,23-,24+,25-/m1/s1. The molecule has 0 saturated heterocycles. The summed E-state index contributed by atoms with van der Waals surface area (Å²) in [5.74, 6) is 3.36. The molecule has 0 amide bonds. The van der Waals surface area contributed by atoms with Gasteiger partial charge in [-0.05, 0) is 103 Å². The highest BCUT2D eigenvalue weighted by molar-refractivity contribution is 5.69. The average Bonchev–Trinajstić information content (AvgIpc) is 3.05. The van der Waals surface area contributed by atoms with Crippen LogP contribution in [0.3, 0.4) is 0 Å². The number of esters is 1. The van der Waals surface area contributed by atoms with E-state index in [2.05, 4.69) is 42.4 Å². The topological polar surface area (TPSA) is 39.2 Å². The summed E-state index contributed by atoms with van der Waals surface area (Å²) in [5.41, 5.74) is 4.75. The molecule has 3 aliphatic rings. The summed E-state index contributed by atoms with van der Waals surface area (Å²) in [6, 6.07) is 10.7. The summed E-state index contributed by atoms with van der Waals surface area (Å²) in [6.45, 7) is 4.02. The molecule has 0 unspecified atom stereocenters. The molecule has 5 atom stereocenters. The third kappa shape index (κ3) is 2.78. The Morgan fingerprint density at radius 1 is 1.18 bits per heavy atom. The zero-order valence-corrected chi connectivity index (χ0v) is 16.9. The van der Waals surface area contributed by atoms with Crippen molar-refractivity contribution in [2.75, 3.05) is 0 Å². The van der Waals surface area contributed by atoms with E-state index in [4.69, 9.17) is 4.74 Å². The predicted molar refractivity (Wildman–Crippen MR) is 109 cm³/mol. The number of carbonyl (C=O) groups excluding carboxylic acids is 1. The molecule has 3 nitrogen and oxygen atoms in total. The molecule has 3 heteroatoms. The number of aromatic nitrogens is 1. The van der Waals surface area contributed by atoms with Gasteiger partial charge >= 0.3 is 5.97 Å². The summed E-state index contributed by atoms with van der Waals surface area (Å²) in [5, 5.41) is 0. The molecule has 1 heterocycles. The van der Waals surface area contributed by atoms with Crippen molar-refractivity contribution in [3.05, 3.63) is 59.4 Å². The van der Waals surface area contributed by atoms with Gasteiger partial charge in [0.25, 0.3) is 0 Å². The number of ether oxygens (including phenoxy) is 1. The number of rotatable bonds is 2. The smallest absolute Gasteiger partial charge is 0.308 e. The number of nitrogens with zero attached hydrogens (tertiary/aromatic N) is 1. The van der Waals surface area contributed by atoms with Gasteiger partial charge in [0.2, 0.25) is 0 Å². The van der Waals surface area contributed by atoms with E-state index in [0.29, 0.717) is 23.0 Å². The lowest BCUT2D eigenvalue weighted by Crippen LogP contribution is -2.41. The largest absolute Gasteiger partial charge is 0.427 e. The molecule has 5 rings (SSSR count). The molecule has 0 radical (unpaired) electrons. The number of benzene rings is 1. The zero-order valence-electron chi connectivity index (χ0n) is 16.9. The summed E-state index contributed by atoms with van der Waals surface area (Å²) in [6.07, 6.45) is 11.6. The maximum atomic E-state index is 11.3. The van der Waals surface area contributed by atoms with E-state index < -0.39 is 0 Å². The third-order valence-electron chi connectivity index (χ3n) is 8.05. The van der Waals surface area contributed by atoms with Gasteiger partial charge in [0.15, 0.2) is 0 Å². The molecule has 28 heavy (non-hydrogen) atoms. The Balaban J connectivity index is 1.43. The average molecular weight is 376 g/mol. The second-order valence-electron chi connectivity index (χ2n) is 9.33. The van der Waals surface area contributed by atoms with Crippen molar-refractivity contribution in [1.29, 1.82) is 0 Å². The number of carbonyl (C=O) groups is 1. The Hall–Kier alpha value is -2.16. The number of pyridine rings is 1. The van der Waals surface area contributed by atoms with Crippen molar-refractivity contribution in [3.63, 3.8) is 0 Å². The van der Waals surface area contributed by atoms with Crippen molar-refractivity contribution in [2.45, 2.75) is 64.2 Å². The van der Waals surface area contributed by atoms with Crippen LogP contribution in [0.15, 0.2) is 42.7 Å². The normalized spacial score (nSPS) is 33.5. The minimum atomic E-state index is -0.241. The van der Waals surface area contributed by atoms with Crippen LogP contribution in [0.4, 0.5) is 0 Å². The Morgan fingerprint density at radius 2 is 2.07 bits per heavy atom. The molecule has 0 aliphatic heterocycles. The second-order valence-corrected chi connectivity index (χ2v) is 9.33. The van der Waals surface area contributed by atoms with Crippen molar-refractivity contribution < 1.29 is 9.53 Å². The van der Waals surface area contributed by atoms with Gasteiger partial charge in [-0.15, -0.1) is 0 Å². The van der Waals surface area contributed by atoms with E-state index in [1.807, 2.05) is 12.3 Å². The highest BCUT2D eigenvalue weighted by Crippen LogP contribution is 2.65. The highest BCUT2D eigenvalue weighted by atomic mass is 16.5. The summed E-state index contributed by atoms with van der Waals surface area (Å²) in [7, 11) is 0. The SMILES string of the molecule is CC(=O)Oc1ccc2c(c1)CC[C@@H]1[C@@H]2CC[C@]2(C)[C@@H](c3cccnc3)CC[C@@H]12. The van der Waals surface area contributed by atoms with E-state index >= 15 is 0 Å².